The van der Waals surface area contributed by atoms with Gasteiger partial charge in [0.2, 0.25) is 5.88 Å². The maximum absolute atomic E-state index is 12.0. The van der Waals surface area contributed by atoms with E-state index < -0.39 is 30.1 Å². The van der Waals surface area contributed by atoms with Crippen LogP contribution in [0, 0.1) is 0 Å². The molecule has 1 aromatic heterocycles. The number of halogens is 4. The van der Waals surface area contributed by atoms with Gasteiger partial charge in [-0.05, 0) is 0 Å². The Kier molecular flexibility index (Phi) is 4.38. The number of rotatable bonds is 4. The number of H-pyrrole nitrogens is 1. The van der Waals surface area contributed by atoms with Crippen molar-refractivity contribution >= 4 is 21.9 Å². The van der Waals surface area contributed by atoms with Crippen LogP contribution in [0.1, 0.15) is 11.1 Å². The van der Waals surface area contributed by atoms with E-state index in [2.05, 4.69) is 25.7 Å². The Hall–Kier alpha value is -1.51. The summed E-state index contributed by atoms with van der Waals surface area (Å²) in [6, 6.07) is 0. The molecule has 100 valence electrons. The molecule has 0 radical (unpaired) electrons. The Balaban J connectivity index is 3.21. The lowest BCUT2D eigenvalue weighted by Gasteiger charge is -2.12. The number of hydrogen-bond donors (Lipinski definition) is 2. The first kappa shape index (κ1) is 14.6. The van der Waals surface area contributed by atoms with E-state index >= 15 is 0 Å². The zero-order valence-corrected chi connectivity index (χ0v) is 10.3. The minimum absolute atomic E-state index is 0.147. The number of carbonyl (C=O) groups is 1. The number of carboxylic acids is 1. The Morgan fingerprint density at radius 1 is 1.50 bits per heavy atom. The van der Waals surface area contributed by atoms with Gasteiger partial charge in [-0.1, -0.05) is 15.9 Å². The van der Waals surface area contributed by atoms with Crippen molar-refractivity contribution in [3.8, 4) is 5.88 Å². The lowest BCUT2D eigenvalue weighted by atomic mass is 10.1. The summed E-state index contributed by atoms with van der Waals surface area (Å²) in [5.74, 6) is -2.01. The fourth-order valence-electron chi connectivity index (χ4n) is 1.22. The first-order valence-corrected chi connectivity index (χ1v) is 5.63. The van der Waals surface area contributed by atoms with Gasteiger partial charge < -0.3 is 14.8 Å². The molecule has 0 amide bonds. The highest BCUT2D eigenvalue weighted by Gasteiger charge is 2.33. The van der Waals surface area contributed by atoms with Gasteiger partial charge in [0.1, 0.15) is 0 Å². The second-order valence-corrected chi connectivity index (χ2v) is 3.76. The highest BCUT2D eigenvalue weighted by atomic mass is 79.9. The predicted octanol–water partition coefficient (Wildman–Crippen LogP) is 1.80. The maximum atomic E-state index is 12.0. The lowest BCUT2D eigenvalue weighted by molar-refractivity contribution is -0.276. The van der Waals surface area contributed by atoms with Crippen LogP contribution in [0.5, 0.6) is 5.88 Å². The highest BCUT2D eigenvalue weighted by molar-refractivity contribution is 9.08. The van der Waals surface area contributed by atoms with Gasteiger partial charge >= 0.3 is 12.3 Å². The second-order valence-electron chi connectivity index (χ2n) is 3.20. The van der Waals surface area contributed by atoms with Crippen LogP contribution in [0.4, 0.5) is 13.2 Å². The van der Waals surface area contributed by atoms with Crippen molar-refractivity contribution in [2.75, 3.05) is 0 Å². The molecule has 0 fully saturated rings. The van der Waals surface area contributed by atoms with Crippen LogP contribution < -0.4 is 10.2 Å². The molecule has 0 aliphatic heterocycles. The molecule has 1 heterocycles. The monoisotopic (exact) mass is 329 g/mol. The molecule has 5 nitrogen and oxygen atoms in total. The summed E-state index contributed by atoms with van der Waals surface area (Å²) in [7, 11) is 0. The first-order chi connectivity index (χ1) is 8.24. The molecular formula is C9H7BrF3NO4. The van der Waals surface area contributed by atoms with Gasteiger partial charge in [0, 0.05) is 17.1 Å². The minimum Gasteiger partial charge on any atom is -0.481 e. The van der Waals surface area contributed by atoms with Gasteiger partial charge in [-0.25, -0.2) is 0 Å². The maximum Gasteiger partial charge on any atom is 0.574 e. The molecule has 1 rings (SSSR count). The number of pyridine rings is 1. The van der Waals surface area contributed by atoms with Gasteiger partial charge in [-0.15, -0.1) is 13.2 Å². The van der Waals surface area contributed by atoms with Gasteiger partial charge in [0.05, 0.1) is 12.0 Å². The number of hydrogen-bond acceptors (Lipinski definition) is 3. The van der Waals surface area contributed by atoms with Gasteiger partial charge in [-0.3, -0.25) is 9.59 Å². The zero-order chi connectivity index (χ0) is 13.9. The summed E-state index contributed by atoms with van der Waals surface area (Å²) in [5.41, 5.74) is -1.26. The third-order valence-corrected chi connectivity index (χ3v) is 2.47. The first-order valence-electron chi connectivity index (χ1n) is 4.51. The van der Waals surface area contributed by atoms with E-state index in [9.17, 15) is 22.8 Å². The molecule has 0 atom stereocenters. The normalized spacial score (nSPS) is 11.3. The number of carboxylic acid groups (broad SMARTS) is 1. The average Bonchev–Trinajstić information content (AvgIpc) is 2.20. The SMILES string of the molecule is O=C(O)Cc1c[nH]c(OC(F)(F)F)c(CBr)c1=O. The van der Waals surface area contributed by atoms with Crippen molar-refractivity contribution in [1.29, 1.82) is 0 Å². The number of alkyl halides is 4. The van der Waals surface area contributed by atoms with E-state index in [1.165, 1.54) is 0 Å². The number of aromatic nitrogens is 1. The average molecular weight is 330 g/mol. The summed E-state index contributed by atoms with van der Waals surface area (Å²) < 4.78 is 39.8. The van der Waals surface area contributed by atoms with Gasteiger partial charge in [0.25, 0.3) is 0 Å². The van der Waals surface area contributed by atoms with Crippen molar-refractivity contribution < 1.29 is 27.8 Å². The summed E-state index contributed by atoms with van der Waals surface area (Å²) >= 11 is 2.85. The highest BCUT2D eigenvalue weighted by Crippen LogP contribution is 2.24. The molecule has 0 spiro atoms. The molecule has 1 aromatic rings. The Labute approximate surface area is 107 Å². The molecule has 0 unspecified atom stereocenters. The Bertz CT molecular complexity index is 512. The summed E-state index contributed by atoms with van der Waals surface area (Å²) in [5, 5.41) is 8.34. The standard InChI is InChI=1S/C9H7BrF3NO4/c10-2-5-7(17)4(1-6(15)16)3-14-8(5)18-9(11,12)13/h3H,1-2H2,(H,14,17)(H,15,16). The second kappa shape index (κ2) is 5.42. The van der Waals surface area contributed by atoms with E-state index in [1.54, 1.807) is 0 Å². The third-order valence-electron chi connectivity index (χ3n) is 1.91. The molecule has 18 heavy (non-hydrogen) atoms. The molecule has 0 aliphatic rings. The largest absolute Gasteiger partial charge is 0.574 e. The molecule has 0 aliphatic carbocycles. The summed E-state index contributed by atoms with van der Waals surface area (Å²) in [6.07, 6.45) is -4.63. The number of aromatic amines is 1. The van der Waals surface area contributed by atoms with Crippen molar-refractivity contribution in [2.45, 2.75) is 18.1 Å². The minimum atomic E-state index is -4.94. The topological polar surface area (TPSA) is 79.4 Å². The lowest BCUT2D eigenvalue weighted by Crippen LogP contribution is -2.24. The van der Waals surface area contributed by atoms with Crippen molar-refractivity contribution in [2.24, 2.45) is 0 Å². The van der Waals surface area contributed by atoms with Crippen LogP contribution in [0.3, 0.4) is 0 Å². The van der Waals surface area contributed by atoms with Crippen molar-refractivity contribution in [1.82, 2.24) is 4.98 Å². The van der Waals surface area contributed by atoms with E-state index in [0.29, 0.717) is 0 Å². The fraction of sp³-hybridized carbons (Fsp3) is 0.333. The quantitative estimate of drug-likeness (QED) is 0.825. The number of ether oxygens (including phenoxy) is 1. The fourth-order valence-corrected chi connectivity index (χ4v) is 1.73. The number of aliphatic carboxylic acids is 1. The van der Waals surface area contributed by atoms with Crippen molar-refractivity contribution in [3.05, 3.63) is 27.5 Å². The van der Waals surface area contributed by atoms with E-state index in [0.717, 1.165) is 6.20 Å². The number of nitrogens with one attached hydrogen (secondary N) is 1. The van der Waals surface area contributed by atoms with Crippen LogP contribution in [-0.4, -0.2) is 22.4 Å². The molecule has 9 heteroatoms. The third kappa shape index (κ3) is 3.76. The Morgan fingerprint density at radius 3 is 2.56 bits per heavy atom. The van der Waals surface area contributed by atoms with Crippen LogP contribution in [0.15, 0.2) is 11.0 Å². The van der Waals surface area contributed by atoms with Crippen LogP contribution in [0.2, 0.25) is 0 Å². The van der Waals surface area contributed by atoms with E-state index in [1.807, 2.05) is 0 Å². The molecule has 0 saturated carbocycles. The smallest absolute Gasteiger partial charge is 0.481 e. The van der Waals surface area contributed by atoms with Gasteiger partial charge in [0.15, 0.2) is 5.43 Å². The van der Waals surface area contributed by atoms with Crippen molar-refractivity contribution in [3.63, 3.8) is 0 Å². The zero-order valence-electron chi connectivity index (χ0n) is 8.68. The molecular weight excluding hydrogens is 323 g/mol. The summed E-state index contributed by atoms with van der Waals surface area (Å²) in [6.45, 7) is 0. The summed E-state index contributed by atoms with van der Waals surface area (Å²) in [4.78, 5) is 24.3. The molecule has 0 saturated heterocycles. The van der Waals surface area contributed by atoms with E-state index in [4.69, 9.17) is 5.11 Å². The van der Waals surface area contributed by atoms with Crippen LogP contribution in [0.25, 0.3) is 0 Å². The molecule has 0 bridgehead atoms. The van der Waals surface area contributed by atoms with E-state index in [-0.39, 0.29) is 16.5 Å². The molecule has 2 N–H and O–H groups in total. The Morgan fingerprint density at radius 2 is 2.11 bits per heavy atom. The predicted molar refractivity (Wildman–Crippen MR) is 57.7 cm³/mol. The molecule has 0 aromatic carbocycles. The van der Waals surface area contributed by atoms with Crippen LogP contribution >= 0.6 is 15.9 Å². The van der Waals surface area contributed by atoms with Crippen LogP contribution in [-0.2, 0) is 16.5 Å². The van der Waals surface area contributed by atoms with Gasteiger partial charge in [-0.2, -0.15) is 0 Å².